The minimum absolute atomic E-state index is 0.477. The van der Waals surface area contributed by atoms with Crippen LogP contribution in [0.1, 0.15) is 25.3 Å². The Kier molecular flexibility index (Phi) is 4.27. The van der Waals surface area contributed by atoms with Gasteiger partial charge in [0, 0.05) is 39.9 Å². The lowest BCUT2D eigenvalue weighted by atomic mass is 10.0. The van der Waals surface area contributed by atoms with Gasteiger partial charge >= 0.3 is 0 Å². The van der Waals surface area contributed by atoms with Crippen LogP contribution in [0.5, 0.6) is 0 Å². The molecule has 2 aromatic carbocycles. The number of fused-ring (bicyclic) bond motifs is 7. The molecular formula is C30H23N5. The van der Waals surface area contributed by atoms with Crippen LogP contribution in [0.25, 0.3) is 55.2 Å². The molecule has 7 aromatic rings. The predicted octanol–water partition coefficient (Wildman–Crippen LogP) is 7.19. The van der Waals surface area contributed by atoms with Crippen LogP contribution in [0.15, 0.2) is 97.6 Å². The molecule has 0 aliphatic carbocycles. The van der Waals surface area contributed by atoms with Crippen LogP contribution in [0.2, 0.25) is 0 Å². The van der Waals surface area contributed by atoms with Crippen molar-refractivity contribution < 1.29 is 0 Å². The minimum Gasteiger partial charge on any atom is -0.306 e. The topological polar surface area (TPSA) is 48.5 Å². The summed E-state index contributed by atoms with van der Waals surface area (Å²) in [6.07, 6.45) is 7.65. The fourth-order valence-corrected chi connectivity index (χ4v) is 5.23. The zero-order valence-electron chi connectivity index (χ0n) is 19.6. The van der Waals surface area contributed by atoms with Gasteiger partial charge in [0.05, 0.1) is 34.5 Å². The zero-order chi connectivity index (χ0) is 23.5. The van der Waals surface area contributed by atoms with Gasteiger partial charge in [0.15, 0.2) is 0 Å². The van der Waals surface area contributed by atoms with Crippen molar-refractivity contribution >= 4 is 43.9 Å². The molecule has 0 spiro atoms. The first kappa shape index (κ1) is 19.9. The SMILES string of the molecule is CC(C)c1ccc(-n2c3ncccc3c3ncc4c(c5ccncc5n4-c4ccccc4)c32)cc1. The average molecular weight is 454 g/mol. The second kappa shape index (κ2) is 7.50. The highest BCUT2D eigenvalue weighted by Gasteiger charge is 2.22. The molecule has 0 aliphatic heterocycles. The van der Waals surface area contributed by atoms with Gasteiger partial charge in [-0.2, -0.15) is 0 Å². The minimum atomic E-state index is 0.477. The Hall–Kier alpha value is -4.51. The normalized spacial score (nSPS) is 12.0. The van der Waals surface area contributed by atoms with Crippen LogP contribution < -0.4 is 0 Å². The third-order valence-electron chi connectivity index (χ3n) is 6.89. The molecule has 0 saturated heterocycles. The Bertz CT molecular complexity index is 1860. The summed E-state index contributed by atoms with van der Waals surface area (Å²) in [5.74, 6) is 0.477. The van der Waals surface area contributed by atoms with Gasteiger partial charge in [-0.1, -0.05) is 44.2 Å². The van der Waals surface area contributed by atoms with Gasteiger partial charge in [0.25, 0.3) is 0 Å². The van der Waals surface area contributed by atoms with E-state index >= 15 is 0 Å². The number of nitrogens with zero attached hydrogens (tertiary/aromatic N) is 5. The van der Waals surface area contributed by atoms with Crippen molar-refractivity contribution in [3.63, 3.8) is 0 Å². The average Bonchev–Trinajstić information content (AvgIpc) is 3.42. The van der Waals surface area contributed by atoms with Gasteiger partial charge in [-0.05, 0) is 53.9 Å². The van der Waals surface area contributed by atoms with Crippen molar-refractivity contribution in [2.75, 3.05) is 0 Å². The first-order valence-corrected chi connectivity index (χ1v) is 11.9. The number of benzene rings is 2. The van der Waals surface area contributed by atoms with Crippen molar-refractivity contribution in [2.45, 2.75) is 19.8 Å². The lowest BCUT2D eigenvalue weighted by Gasteiger charge is -2.11. The predicted molar refractivity (Wildman–Crippen MR) is 143 cm³/mol. The molecule has 35 heavy (non-hydrogen) atoms. The maximum Gasteiger partial charge on any atom is 0.147 e. The number of hydrogen-bond acceptors (Lipinski definition) is 3. The molecule has 168 valence electrons. The second-order valence-electron chi connectivity index (χ2n) is 9.24. The summed E-state index contributed by atoms with van der Waals surface area (Å²) in [5, 5.41) is 3.35. The first-order chi connectivity index (χ1) is 17.2. The highest BCUT2D eigenvalue weighted by atomic mass is 15.1. The van der Waals surface area contributed by atoms with Gasteiger partial charge in [0.1, 0.15) is 5.65 Å². The van der Waals surface area contributed by atoms with E-state index in [9.17, 15) is 0 Å². The molecule has 5 aromatic heterocycles. The maximum atomic E-state index is 5.01. The molecule has 0 amide bonds. The summed E-state index contributed by atoms with van der Waals surface area (Å²) in [5.41, 5.74) is 8.53. The number of rotatable bonds is 3. The van der Waals surface area contributed by atoms with Crippen molar-refractivity contribution in [1.82, 2.24) is 24.1 Å². The molecule has 0 aliphatic rings. The number of para-hydroxylation sites is 1. The maximum absolute atomic E-state index is 5.01. The number of aromatic nitrogens is 5. The molecule has 0 bridgehead atoms. The quantitative estimate of drug-likeness (QED) is 0.284. The van der Waals surface area contributed by atoms with E-state index in [-0.39, 0.29) is 0 Å². The molecule has 7 rings (SSSR count). The van der Waals surface area contributed by atoms with Crippen LogP contribution in [0.3, 0.4) is 0 Å². The van der Waals surface area contributed by atoms with E-state index in [1.807, 2.05) is 36.9 Å². The summed E-state index contributed by atoms with van der Waals surface area (Å²) in [6.45, 7) is 4.44. The van der Waals surface area contributed by atoms with Gasteiger partial charge < -0.3 is 4.57 Å². The van der Waals surface area contributed by atoms with Crippen molar-refractivity contribution in [1.29, 1.82) is 0 Å². The largest absolute Gasteiger partial charge is 0.306 e. The van der Waals surface area contributed by atoms with Crippen LogP contribution in [-0.4, -0.2) is 24.1 Å². The van der Waals surface area contributed by atoms with Gasteiger partial charge in [-0.3, -0.25) is 14.5 Å². The molecule has 5 heterocycles. The van der Waals surface area contributed by atoms with Crippen LogP contribution >= 0.6 is 0 Å². The monoisotopic (exact) mass is 453 g/mol. The van der Waals surface area contributed by atoms with Gasteiger partial charge in [-0.25, -0.2) is 4.98 Å². The molecule has 5 heteroatoms. The van der Waals surface area contributed by atoms with E-state index in [0.29, 0.717) is 5.92 Å². The van der Waals surface area contributed by atoms with E-state index < -0.39 is 0 Å². The first-order valence-electron chi connectivity index (χ1n) is 11.9. The highest BCUT2D eigenvalue weighted by molar-refractivity contribution is 6.24. The number of pyridine rings is 3. The van der Waals surface area contributed by atoms with Crippen LogP contribution in [0.4, 0.5) is 0 Å². The molecule has 0 atom stereocenters. The van der Waals surface area contributed by atoms with E-state index in [2.05, 4.69) is 88.6 Å². The molecule has 0 unspecified atom stereocenters. The third-order valence-corrected chi connectivity index (χ3v) is 6.89. The van der Waals surface area contributed by atoms with Crippen molar-refractivity contribution in [3.05, 3.63) is 103 Å². The molecule has 5 nitrogen and oxygen atoms in total. The summed E-state index contributed by atoms with van der Waals surface area (Å²) >= 11 is 0. The molecule has 0 fully saturated rings. The number of hydrogen-bond donors (Lipinski definition) is 0. The van der Waals surface area contributed by atoms with Gasteiger partial charge in [0.2, 0.25) is 0 Å². The highest BCUT2D eigenvalue weighted by Crippen LogP contribution is 2.40. The second-order valence-corrected chi connectivity index (χ2v) is 9.24. The van der Waals surface area contributed by atoms with E-state index in [1.54, 1.807) is 0 Å². The van der Waals surface area contributed by atoms with Crippen molar-refractivity contribution in [2.24, 2.45) is 0 Å². The van der Waals surface area contributed by atoms with E-state index in [1.165, 1.54) is 5.56 Å². The van der Waals surface area contributed by atoms with Gasteiger partial charge in [-0.15, -0.1) is 0 Å². The summed E-state index contributed by atoms with van der Waals surface area (Å²) in [4.78, 5) is 14.3. The molecule has 0 saturated carbocycles. The lowest BCUT2D eigenvalue weighted by molar-refractivity contribution is 0.866. The Morgan fingerprint density at radius 3 is 2.26 bits per heavy atom. The zero-order valence-corrected chi connectivity index (χ0v) is 19.6. The standard InChI is InChI=1S/C30H23N5/c1-19(2)20-10-12-22(13-11-20)35-29-27-23-14-16-31-17-25(23)34(21-7-4-3-5-8-21)26(27)18-33-28(29)24-9-6-15-32-30(24)35/h3-19H,1-2H3. The van der Waals surface area contributed by atoms with Crippen LogP contribution in [-0.2, 0) is 0 Å². The summed E-state index contributed by atoms with van der Waals surface area (Å²) < 4.78 is 4.51. The lowest BCUT2D eigenvalue weighted by Crippen LogP contribution is -1.97. The third kappa shape index (κ3) is 2.85. The van der Waals surface area contributed by atoms with E-state index in [0.717, 1.165) is 55.2 Å². The Labute approximate surface area is 202 Å². The molecule has 0 N–H and O–H groups in total. The van der Waals surface area contributed by atoms with E-state index in [4.69, 9.17) is 9.97 Å². The smallest absolute Gasteiger partial charge is 0.147 e. The summed E-state index contributed by atoms with van der Waals surface area (Å²) in [7, 11) is 0. The fourth-order valence-electron chi connectivity index (χ4n) is 5.23. The van der Waals surface area contributed by atoms with Crippen LogP contribution in [0, 0.1) is 0 Å². The summed E-state index contributed by atoms with van der Waals surface area (Å²) in [6, 6.07) is 25.4. The Morgan fingerprint density at radius 1 is 0.657 bits per heavy atom. The molecule has 0 radical (unpaired) electrons. The Morgan fingerprint density at radius 2 is 1.46 bits per heavy atom. The molecular weight excluding hydrogens is 430 g/mol. The Balaban J connectivity index is 1.69. The van der Waals surface area contributed by atoms with Crippen molar-refractivity contribution in [3.8, 4) is 11.4 Å². The fraction of sp³-hybridized carbons (Fsp3) is 0.100.